The molecule has 1 aromatic heterocycles. The van der Waals surface area contributed by atoms with E-state index in [9.17, 15) is 9.59 Å². The summed E-state index contributed by atoms with van der Waals surface area (Å²) >= 11 is 0. The van der Waals surface area contributed by atoms with Crippen molar-refractivity contribution in [2.75, 3.05) is 6.61 Å². The van der Waals surface area contributed by atoms with Gasteiger partial charge in [-0.1, -0.05) is 48.5 Å². The number of amides is 1. The molecular formula is C23H21NO5. The maximum absolute atomic E-state index is 12.4. The summed E-state index contributed by atoms with van der Waals surface area (Å²) < 4.78 is 10.8. The zero-order valence-electron chi connectivity index (χ0n) is 15.7. The lowest BCUT2D eigenvalue weighted by atomic mass is 9.98. The summed E-state index contributed by atoms with van der Waals surface area (Å²) in [6.45, 7) is 0.181. The molecule has 2 N–H and O–H groups in total. The molecule has 0 aliphatic heterocycles. The molecule has 148 valence electrons. The summed E-state index contributed by atoms with van der Waals surface area (Å²) in [6, 6.07) is 19.0. The molecular weight excluding hydrogens is 370 g/mol. The maximum atomic E-state index is 12.4. The van der Waals surface area contributed by atoms with Crippen molar-refractivity contribution in [3.8, 4) is 11.1 Å². The summed E-state index contributed by atoms with van der Waals surface area (Å²) in [5.41, 5.74) is 4.55. The monoisotopic (exact) mass is 391 g/mol. The number of carboxylic acids is 1. The van der Waals surface area contributed by atoms with Crippen molar-refractivity contribution in [1.29, 1.82) is 0 Å². The predicted octanol–water partition coefficient (Wildman–Crippen LogP) is 4.20. The van der Waals surface area contributed by atoms with Crippen molar-refractivity contribution in [2.45, 2.75) is 24.8 Å². The maximum Gasteiger partial charge on any atom is 0.407 e. The molecule has 0 saturated heterocycles. The van der Waals surface area contributed by atoms with E-state index in [0.717, 1.165) is 22.3 Å². The van der Waals surface area contributed by atoms with E-state index in [2.05, 4.69) is 17.4 Å². The zero-order valence-corrected chi connectivity index (χ0v) is 15.7. The number of nitrogens with one attached hydrogen (secondary N) is 1. The summed E-state index contributed by atoms with van der Waals surface area (Å²) in [4.78, 5) is 23.5. The quantitative estimate of drug-likeness (QED) is 0.630. The Morgan fingerprint density at radius 1 is 1.00 bits per heavy atom. The molecule has 29 heavy (non-hydrogen) atoms. The van der Waals surface area contributed by atoms with Crippen molar-refractivity contribution in [3.05, 3.63) is 83.8 Å². The molecule has 0 bridgehead atoms. The summed E-state index contributed by atoms with van der Waals surface area (Å²) in [5.74, 6) is -0.438. The molecule has 1 heterocycles. The number of rotatable bonds is 7. The lowest BCUT2D eigenvalue weighted by Crippen LogP contribution is -2.38. The molecule has 0 unspecified atom stereocenters. The zero-order chi connectivity index (χ0) is 20.2. The van der Waals surface area contributed by atoms with E-state index < -0.39 is 18.1 Å². The van der Waals surface area contributed by atoms with Crippen LogP contribution in [0.1, 0.15) is 29.2 Å². The third-order valence-electron chi connectivity index (χ3n) is 5.11. The minimum absolute atomic E-state index is 0.0452. The minimum Gasteiger partial charge on any atom is -0.481 e. The highest BCUT2D eigenvalue weighted by Crippen LogP contribution is 2.44. The van der Waals surface area contributed by atoms with Crippen molar-refractivity contribution in [1.82, 2.24) is 5.32 Å². The van der Waals surface area contributed by atoms with Gasteiger partial charge in [0.1, 0.15) is 12.4 Å². The molecule has 0 spiro atoms. The Bertz CT molecular complexity index is 966. The van der Waals surface area contributed by atoms with Crippen LogP contribution in [0.15, 0.2) is 71.3 Å². The third-order valence-corrected chi connectivity index (χ3v) is 5.11. The molecule has 0 radical (unpaired) electrons. The number of ether oxygens (including phenoxy) is 1. The number of alkyl carbamates (subject to hydrolysis) is 1. The van der Waals surface area contributed by atoms with Crippen LogP contribution in [0.2, 0.25) is 0 Å². The summed E-state index contributed by atoms with van der Waals surface area (Å²) in [7, 11) is 0. The van der Waals surface area contributed by atoms with E-state index >= 15 is 0 Å². The van der Waals surface area contributed by atoms with Crippen LogP contribution in [-0.4, -0.2) is 29.8 Å². The van der Waals surface area contributed by atoms with Crippen LogP contribution < -0.4 is 5.32 Å². The van der Waals surface area contributed by atoms with Crippen LogP contribution in [0, 0.1) is 0 Å². The van der Waals surface area contributed by atoms with Crippen LogP contribution in [0.5, 0.6) is 0 Å². The fourth-order valence-electron chi connectivity index (χ4n) is 3.86. The van der Waals surface area contributed by atoms with E-state index in [4.69, 9.17) is 14.3 Å². The highest BCUT2D eigenvalue weighted by atomic mass is 16.5. The number of benzene rings is 2. The summed E-state index contributed by atoms with van der Waals surface area (Å²) in [5, 5.41) is 11.8. The van der Waals surface area contributed by atoms with E-state index in [-0.39, 0.29) is 25.4 Å². The first-order valence-electron chi connectivity index (χ1n) is 9.47. The molecule has 3 aromatic rings. The molecule has 1 atom stereocenters. The van der Waals surface area contributed by atoms with Gasteiger partial charge in [-0.05, 0) is 34.4 Å². The van der Waals surface area contributed by atoms with Crippen LogP contribution in [0.4, 0.5) is 4.79 Å². The first-order valence-corrected chi connectivity index (χ1v) is 9.47. The van der Waals surface area contributed by atoms with E-state index in [0.29, 0.717) is 5.76 Å². The largest absolute Gasteiger partial charge is 0.481 e. The highest BCUT2D eigenvalue weighted by molar-refractivity contribution is 5.79. The van der Waals surface area contributed by atoms with Crippen LogP contribution in [0.3, 0.4) is 0 Å². The Kier molecular flexibility index (Phi) is 5.33. The fraction of sp³-hybridized carbons (Fsp3) is 0.217. The number of carbonyl (C=O) groups is 2. The van der Waals surface area contributed by atoms with E-state index in [1.54, 1.807) is 12.1 Å². The number of carboxylic acid groups (broad SMARTS) is 1. The standard InChI is InChI=1S/C23H21NO5/c25-22(26)13-15(12-16-6-5-11-28-16)24-23(27)29-14-21-19-9-3-1-7-17(19)18-8-2-4-10-20(18)21/h1-11,15,21H,12-14H2,(H,24,27)(H,25,26)/t15-/m0/s1. The number of fused-ring (bicyclic) bond motifs is 3. The van der Waals surface area contributed by atoms with Crippen molar-refractivity contribution < 1.29 is 23.8 Å². The average molecular weight is 391 g/mol. The first-order chi connectivity index (χ1) is 14.1. The number of carbonyl (C=O) groups excluding carboxylic acids is 1. The second-order valence-electron chi connectivity index (χ2n) is 7.05. The van der Waals surface area contributed by atoms with Gasteiger partial charge in [-0.25, -0.2) is 4.79 Å². The normalized spacial score (nSPS) is 13.4. The molecule has 4 rings (SSSR count). The third kappa shape index (κ3) is 4.16. The Morgan fingerprint density at radius 2 is 1.66 bits per heavy atom. The Morgan fingerprint density at radius 3 is 2.24 bits per heavy atom. The average Bonchev–Trinajstić information content (AvgIpc) is 3.32. The van der Waals surface area contributed by atoms with Gasteiger partial charge >= 0.3 is 12.1 Å². The number of hydrogen-bond donors (Lipinski definition) is 2. The smallest absolute Gasteiger partial charge is 0.407 e. The minimum atomic E-state index is -1.000. The topological polar surface area (TPSA) is 88.8 Å². The molecule has 2 aromatic carbocycles. The molecule has 1 aliphatic rings. The van der Waals surface area contributed by atoms with Gasteiger partial charge in [-0.15, -0.1) is 0 Å². The van der Waals surface area contributed by atoms with Crippen molar-refractivity contribution in [2.24, 2.45) is 0 Å². The second-order valence-corrected chi connectivity index (χ2v) is 7.05. The lowest BCUT2D eigenvalue weighted by molar-refractivity contribution is -0.137. The second kappa shape index (κ2) is 8.22. The predicted molar refractivity (Wildman–Crippen MR) is 107 cm³/mol. The van der Waals surface area contributed by atoms with E-state index in [1.165, 1.54) is 6.26 Å². The molecule has 0 saturated carbocycles. The van der Waals surface area contributed by atoms with Gasteiger partial charge in [0, 0.05) is 18.4 Å². The van der Waals surface area contributed by atoms with Gasteiger partial charge in [0.25, 0.3) is 0 Å². The molecule has 6 heteroatoms. The number of furan rings is 1. The van der Waals surface area contributed by atoms with Gasteiger partial charge in [-0.3, -0.25) is 4.79 Å². The number of aliphatic carboxylic acids is 1. The van der Waals surface area contributed by atoms with Gasteiger partial charge in [0.15, 0.2) is 0 Å². The highest BCUT2D eigenvalue weighted by Gasteiger charge is 2.29. The number of hydrogen-bond acceptors (Lipinski definition) is 4. The van der Waals surface area contributed by atoms with Gasteiger partial charge in [-0.2, -0.15) is 0 Å². The van der Waals surface area contributed by atoms with Gasteiger partial charge in [0.2, 0.25) is 0 Å². The molecule has 6 nitrogen and oxygen atoms in total. The SMILES string of the molecule is O=C(O)C[C@H](Cc1ccco1)NC(=O)OCC1c2ccccc2-c2ccccc21. The Labute approximate surface area is 168 Å². The van der Waals surface area contributed by atoms with E-state index in [1.807, 2.05) is 36.4 Å². The fourth-order valence-corrected chi connectivity index (χ4v) is 3.86. The first kappa shape index (κ1) is 18.8. The van der Waals surface area contributed by atoms with Crippen LogP contribution >= 0.6 is 0 Å². The van der Waals surface area contributed by atoms with Crippen LogP contribution in [-0.2, 0) is 16.0 Å². The Balaban J connectivity index is 1.43. The van der Waals surface area contributed by atoms with Crippen molar-refractivity contribution >= 4 is 12.1 Å². The summed E-state index contributed by atoms with van der Waals surface area (Å²) in [6.07, 6.45) is 0.944. The van der Waals surface area contributed by atoms with Gasteiger partial charge < -0.3 is 19.6 Å². The van der Waals surface area contributed by atoms with Crippen LogP contribution in [0.25, 0.3) is 11.1 Å². The van der Waals surface area contributed by atoms with Gasteiger partial charge in [0.05, 0.1) is 12.7 Å². The Hall–Kier alpha value is -3.54. The molecule has 1 amide bonds. The molecule has 1 aliphatic carbocycles. The van der Waals surface area contributed by atoms with Crippen molar-refractivity contribution in [3.63, 3.8) is 0 Å². The molecule has 0 fully saturated rings. The lowest BCUT2D eigenvalue weighted by Gasteiger charge is -2.18.